The fraction of sp³-hybridized carbons (Fsp3) is 0.500. The van der Waals surface area contributed by atoms with E-state index in [4.69, 9.17) is 5.73 Å². The Hall–Kier alpha value is -1.98. The predicted molar refractivity (Wildman–Crippen MR) is 72.3 cm³/mol. The van der Waals surface area contributed by atoms with Gasteiger partial charge in [0, 0.05) is 32.4 Å². The van der Waals surface area contributed by atoms with Crippen molar-refractivity contribution in [2.45, 2.75) is 26.8 Å². The number of nitrogen functional groups attached to an aromatic ring is 1. The molecule has 6 nitrogen and oxygen atoms in total. The lowest BCUT2D eigenvalue weighted by atomic mass is 10.2. The van der Waals surface area contributed by atoms with Gasteiger partial charge in [-0.2, -0.15) is 10.2 Å². The van der Waals surface area contributed by atoms with Crippen LogP contribution in [0.2, 0.25) is 0 Å². The van der Waals surface area contributed by atoms with E-state index in [1.54, 1.807) is 4.68 Å². The van der Waals surface area contributed by atoms with E-state index in [0.717, 1.165) is 23.6 Å². The average molecular weight is 248 g/mol. The zero-order valence-electron chi connectivity index (χ0n) is 11.4. The molecule has 0 aliphatic carbocycles. The summed E-state index contributed by atoms with van der Waals surface area (Å²) < 4.78 is 3.61. The Labute approximate surface area is 107 Å². The van der Waals surface area contributed by atoms with E-state index >= 15 is 0 Å². The van der Waals surface area contributed by atoms with Gasteiger partial charge in [-0.05, 0) is 13.3 Å². The maximum atomic E-state index is 5.98. The Balaban J connectivity index is 2.16. The van der Waals surface area contributed by atoms with Gasteiger partial charge in [-0.3, -0.25) is 9.36 Å². The summed E-state index contributed by atoms with van der Waals surface area (Å²) in [7, 11) is 3.82. The molecule has 3 N–H and O–H groups in total. The van der Waals surface area contributed by atoms with Gasteiger partial charge in [-0.15, -0.1) is 0 Å². The number of anilines is 2. The van der Waals surface area contributed by atoms with Crippen molar-refractivity contribution in [1.29, 1.82) is 0 Å². The maximum absolute atomic E-state index is 5.98. The SMILES string of the molecule is CCc1nn(C)cc1CNc1c(N)c(C)nn1C. The monoisotopic (exact) mass is 248 g/mol. The third-order valence-electron chi connectivity index (χ3n) is 3.04. The van der Waals surface area contributed by atoms with E-state index in [-0.39, 0.29) is 0 Å². The fourth-order valence-corrected chi connectivity index (χ4v) is 2.09. The zero-order valence-corrected chi connectivity index (χ0v) is 11.4. The molecule has 2 rings (SSSR count). The Morgan fingerprint density at radius 3 is 2.61 bits per heavy atom. The van der Waals surface area contributed by atoms with E-state index in [2.05, 4.69) is 22.4 Å². The van der Waals surface area contributed by atoms with Crippen molar-refractivity contribution < 1.29 is 0 Å². The van der Waals surface area contributed by atoms with Gasteiger partial charge < -0.3 is 11.1 Å². The summed E-state index contributed by atoms with van der Waals surface area (Å²) in [6.45, 7) is 4.72. The fourth-order valence-electron chi connectivity index (χ4n) is 2.09. The highest BCUT2D eigenvalue weighted by Crippen LogP contribution is 2.22. The highest BCUT2D eigenvalue weighted by Gasteiger charge is 2.11. The van der Waals surface area contributed by atoms with Crippen LogP contribution in [-0.2, 0) is 27.1 Å². The number of aryl methyl sites for hydroxylation is 4. The van der Waals surface area contributed by atoms with Crippen LogP contribution in [0.25, 0.3) is 0 Å². The van der Waals surface area contributed by atoms with Gasteiger partial charge in [0.25, 0.3) is 0 Å². The standard InChI is InChI=1S/C12H20N6/c1-5-10-9(7-17(3)16-10)6-14-12-11(13)8(2)15-18(12)4/h7,14H,5-6,13H2,1-4H3. The van der Waals surface area contributed by atoms with Crippen molar-refractivity contribution in [3.05, 3.63) is 23.1 Å². The summed E-state index contributed by atoms with van der Waals surface area (Å²) in [6, 6.07) is 0. The molecule has 98 valence electrons. The highest BCUT2D eigenvalue weighted by atomic mass is 15.3. The minimum absolute atomic E-state index is 0.708. The van der Waals surface area contributed by atoms with E-state index in [0.29, 0.717) is 12.2 Å². The topological polar surface area (TPSA) is 73.7 Å². The molecule has 0 amide bonds. The summed E-state index contributed by atoms with van der Waals surface area (Å²) in [5.74, 6) is 0.860. The zero-order chi connectivity index (χ0) is 13.3. The largest absolute Gasteiger partial charge is 0.394 e. The van der Waals surface area contributed by atoms with E-state index < -0.39 is 0 Å². The first-order chi connectivity index (χ1) is 8.52. The molecule has 0 bridgehead atoms. The average Bonchev–Trinajstić information content (AvgIpc) is 2.79. The second kappa shape index (κ2) is 4.72. The van der Waals surface area contributed by atoms with Crippen molar-refractivity contribution in [1.82, 2.24) is 19.6 Å². The molecular formula is C12H20N6. The van der Waals surface area contributed by atoms with Gasteiger partial charge in [0.2, 0.25) is 0 Å². The number of nitrogens with two attached hydrogens (primary N) is 1. The summed E-state index contributed by atoms with van der Waals surface area (Å²) >= 11 is 0. The molecule has 0 aliphatic heterocycles. The van der Waals surface area contributed by atoms with Gasteiger partial charge in [0.05, 0.1) is 17.1 Å². The number of aromatic nitrogens is 4. The summed E-state index contributed by atoms with van der Waals surface area (Å²) in [5, 5.41) is 12.0. The Morgan fingerprint density at radius 1 is 1.33 bits per heavy atom. The van der Waals surface area contributed by atoms with E-state index in [1.807, 2.05) is 31.9 Å². The van der Waals surface area contributed by atoms with Crippen LogP contribution >= 0.6 is 0 Å². The first kappa shape index (κ1) is 12.5. The van der Waals surface area contributed by atoms with Crippen molar-refractivity contribution in [3.8, 4) is 0 Å². The molecule has 0 aromatic carbocycles. The van der Waals surface area contributed by atoms with Gasteiger partial charge in [0.1, 0.15) is 5.82 Å². The molecule has 0 atom stereocenters. The first-order valence-corrected chi connectivity index (χ1v) is 6.07. The molecule has 2 aromatic heterocycles. The van der Waals surface area contributed by atoms with Gasteiger partial charge in [-0.1, -0.05) is 6.92 Å². The van der Waals surface area contributed by atoms with Crippen LogP contribution < -0.4 is 11.1 Å². The molecule has 0 spiro atoms. The number of rotatable bonds is 4. The summed E-state index contributed by atoms with van der Waals surface area (Å²) in [4.78, 5) is 0. The Morgan fingerprint density at radius 2 is 2.06 bits per heavy atom. The predicted octanol–water partition coefficient (Wildman–Crippen LogP) is 1.22. The lowest BCUT2D eigenvalue weighted by Gasteiger charge is -2.07. The molecule has 6 heteroatoms. The van der Waals surface area contributed by atoms with E-state index in [1.165, 1.54) is 5.56 Å². The van der Waals surface area contributed by atoms with Gasteiger partial charge >= 0.3 is 0 Å². The lowest BCUT2D eigenvalue weighted by molar-refractivity contribution is 0.746. The molecule has 0 aliphatic rings. The molecule has 2 aromatic rings. The molecule has 0 saturated carbocycles. The van der Waals surface area contributed by atoms with Crippen LogP contribution in [0.1, 0.15) is 23.9 Å². The van der Waals surface area contributed by atoms with Crippen molar-refractivity contribution in [3.63, 3.8) is 0 Å². The van der Waals surface area contributed by atoms with Crippen LogP contribution in [0.15, 0.2) is 6.20 Å². The number of nitrogens with one attached hydrogen (secondary N) is 1. The summed E-state index contributed by atoms with van der Waals surface area (Å²) in [6.07, 6.45) is 2.96. The number of hydrogen-bond donors (Lipinski definition) is 2. The second-order valence-electron chi connectivity index (χ2n) is 4.45. The maximum Gasteiger partial charge on any atom is 0.148 e. The van der Waals surface area contributed by atoms with Crippen LogP contribution in [0.4, 0.5) is 11.5 Å². The van der Waals surface area contributed by atoms with Crippen LogP contribution in [0.5, 0.6) is 0 Å². The third kappa shape index (κ3) is 2.18. The van der Waals surface area contributed by atoms with Crippen molar-refractivity contribution in [2.24, 2.45) is 14.1 Å². The molecule has 0 fully saturated rings. The van der Waals surface area contributed by atoms with Crippen molar-refractivity contribution in [2.75, 3.05) is 11.1 Å². The van der Waals surface area contributed by atoms with Crippen LogP contribution in [0, 0.1) is 6.92 Å². The lowest BCUT2D eigenvalue weighted by Crippen LogP contribution is -2.07. The van der Waals surface area contributed by atoms with E-state index in [9.17, 15) is 0 Å². The molecule has 0 unspecified atom stereocenters. The van der Waals surface area contributed by atoms with Gasteiger partial charge in [-0.25, -0.2) is 0 Å². The van der Waals surface area contributed by atoms with Gasteiger partial charge in [0.15, 0.2) is 0 Å². The Kier molecular flexibility index (Phi) is 3.27. The minimum Gasteiger partial charge on any atom is -0.394 e. The molecular weight excluding hydrogens is 228 g/mol. The smallest absolute Gasteiger partial charge is 0.148 e. The van der Waals surface area contributed by atoms with Crippen LogP contribution in [-0.4, -0.2) is 19.6 Å². The number of nitrogens with zero attached hydrogens (tertiary/aromatic N) is 4. The molecule has 18 heavy (non-hydrogen) atoms. The normalized spacial score (nSPS) is 10.9. The first-order valence-electron chi connectivity index (χ1n) is 6.07. The number of hydrogen-bond acceptors (Lipinski definition) is 4. The molecule has 0 saturated heterocycles. The third-order valence-corrected chi connectivity index (χ3v) is 3.04. The summed E-state index contributed by atoms with van der Waals surface area (Å²) in [5.41, 5.74) is 9.84. The van der Waals surface area contributed by atoms with Crippen molar-refractivity contribution >= 4 is 11.5 Å². The molecule has 2 heterocycles. The Bertz CT molecular complexity index is 551. The molecule has 0 radical (unpaired) electrons. The highest BCUT2D eigenvalue weighted by molar-refractivity contribution is 5.64. The second-order valence-corrected chi connectivity index (χ2v) is 4.45. The quantitative estimate of drug-likeness (QED) is 0.853. The van der Waals surface area contributed by atoms with Crippen LogP contribution in [0.3, 0.4) is 0 Å². The minimum atomic E-state index is 0.708.